The standard InChI is InChI=1S/C22H23N5O4S2/c1-33(29,30)17-6-4-15(5-7-17)27-20-18(13-25-27)21(24-14-23-20)31-16-8-10-26(11-9-16)22(28)19-3-2-12-32-19/h3-7,13-14,16H,2,8-12H2,1H3. The Balaban J connectivity index is 1.30. The Morgan fingerprint density at radius 2 is 1.91 bits per heavy atom. The highest BCUT2D eigenvalue weighted by atomic mass is 32.2. The molecule has 1 saturated heterocycles. The van der Waals surface area contributed by atoms with E-state index in [1.165, 1.54) is 12.6 Å². The molecule has 33 heavy (non-hydrogen) atoms. The van der Waals surface area contributed by atoms with Gasteiger partial charge in [0.15, 0.2) is 15.5 Å². The second-order valence-corrected chi connectivity index (χ2v) is 11.2. The van der Waals surface area contributed by atoms with Gasteiger partial charge in [0.05, 0.1) is 21.7 Å². The highest BCUT2D eigenvalue weighted by Crippen LogP contribution is 2.29. The number of rotatable bonds is 5. The number of amides is 1. The van der Waals surface area contributed by atoms with Crippen LogP contribution in [0.2, 0.25) is 0 Å². The van der Waals surface area contributed by atoms with Gasteiger partial charge in [-0.05, 0) is 30.7 Å². The van der Waals surface area contributed by atoms with Crippen molar-refractivity contribution in [2.24, 2.45) is 0 Å². The van der Waals surface area contributed by atoms with Gasteiger partial charge in [0, 0.05) is 37.9 Å². The number of carbonyl (C=O) groups excluding carboxylic acids is 1. The first-order valence-corrected chi connectivity index (χ1v) is 13.6. The van der Waals surface area contributed by atoms with Gasteiger partial charge in [-0.1, -0.05) is 6.08 Å². The lowest BCUT2D eigenvalue weighted by Gasteiger charge is -2.32. The Morgan fingerprint density at radius 1 is 1.15 bits per heavy atom. The van der Waals surface area contributed by atoms with Crippen LogP contribution in [0.5, 0.6) is 5.88 Å². The molecule has 3 aromatic rings. The number of ether oxygens (including phenoxy) is 1. The van der Waals surface area contributed by atoms with Crippen molar-refractivity contribution < 1.29 is 17.9 Å². The molecule has 0 unspecified atom stereocenters. The summed E-state index contributed by atoms with van der Waals surface area (Å²) in [5, 5.41) is 5.09. The highest BCUT2D eigenvalue weighted by Gasteiger charge is 2.28. The number of hydrogen-bond donors (Lipinski definition) is 0. The van der Waals surface area contributed by atoms with Gasteiger partial charge >= 0.3 is 0 Å². The lowest BCUT2D eigenvalue weighted by atomic mass is 10.1. The predicted octanol–water partition coefficient (Wildman–Crippen LogP) is 2.61. The molecule has 2 aliphatic heterocycles. The van der Waals surface area contributed by atoms with Crippen LogP contribution in [0.3, 0.4) is 0 Å². The van der Waals surface area contributed by atoms with Crippen LogP contribution in [0, 0.1) is 0 Å². The third kappa shape index (κ3) is 4.47. The first kappa shape index (κ1) is 21.9. The van der Waals surface area contributed by atoms with Crippen molar-refractivity contribution in [3.05, 3.63) is 47.8 Å². The fraction of sp³-hybridized carbons (Fsp3) is 0.364. The Kier molecular flexibility index (Phi) is 5.83. The quantitative estimate of drug-likeness (QED) is 0.543. The summed E-state index contributed by atoms with van der Waals surface area (Å²) in [4.78, 5) is 24.3. The Morgan fingerprint density at radius 3 is 2.58 bits per heavy atom. The van der Waals surface area contributed by atoms with E-state index in [1.807, 2.05) is 11.0 Å². The van der Waals surface area contributed by atoms with Crippen LogP contribution in [0.4, 0.5) is 0 Å². The molecule has 0 N–H and O–H groups in total. The van der Waals surface area contributed by atoms with E-state index >= 15 is 0 Å². The normalized spacial score (nSPS) is 17.4. The van der Waals surface area contributed by atoms with E-state index in [1.54, 1.807) is 46.9 Å². The number of nitrogens with zero attached hydrogens (tertiary/aromatic N) is 5. The largest absolute Gasteiger partial charge is 0.474 e. The summed E-state index contributed by atoms with van der Waals surface area (Å²) in [5.74, 6) is 1.57. The number of allylic oxidation sites excluding steroid dienone is 1. The summed E-state index contributed by atoms with van der Waals surface area (Å²) in [6.45, 7) is 1.31. The molecule has 0 saturated carbocycles. The van der Waals surface area contributed by atoms with Crippen molar-refractivity contribution in [2.45, 2.75) is 30.3 Å². The maximum absolute atomic E-state index is 12.6. The average Bonchev–Trinajstić information content (AvgIpc) is 3.50. The second kappa shape index (κ2) is 8.79. The van der Waals surface area contributed by atoms with Gasteiger partial charge in [0.25, 0.3) is 5.91 Å². The second-order valence-electron chi connectivity index (χ2n) is 8.05. The van der Waals surface area contributed by atoms with E-state index in [0.29, 0.717) is 35.7 Å². The van der Waals surface area contributed by atoms with Crippen LogP contribution in [0.25, 0.3) is 16.7 Å². The van der Waals surface area contributed by atoms with E-state index < -0.39 is 9.84 Å². The van der Waals surface area contributed by atoms with Gasteiger partial charge in [0.2, 0.25) is 5.88 Å². The van der Waals surface area contributed by atoms with Crippen LogP contribution in [-0.2, 0) is 14.6 Å². The summed E-state index contributed by atoms with van der Waals surface area (Å²) in [5.41, 5.74) is 1.26. The number of fused-ring (bicyclic) bond motifs is 1. The molecular weight excluding hydrogens is 462 g/mol. The lowest BCUT2D eigenvalue weighted by molar-refractivity contribution is -0.128. The number of carbonyl (C=O) groups is 1. The van der Waals surface area contributed by atoms with Crippen molar-refractivity contribution >= 4 is 38.5 Å². The predicted molar refractivity (Wildman–Crippen MR) is 125 cm³/mol. The maximum atomic E-state index is 12.6. The molecule has 9 nitrogen and oxygen atoms in total. The monoisotopic (exact) mass is 485 g/mol. The molecular formula is C22H23N5O4S2. The van der Waals surface area contributed by atoms with Crippen molar-refractivity contribution in [1.29, 1.82) is 0 Å². The highest BCUT2D eigenvalue weighted by molar-refractivity contribution is 8.04. The Bertz CT molecular complexity index is 1330. The molecule has 0 radical (unpaired) electrons. The molecule has 11 heteroatoms. The first-order valence-electron chi connectivity index (χ1n) is 10.7. The van der Waals surface area contributed by atoms with Gasteiger partial charge in [-0.15, -0.1) is 11.8 Å². The molecule has 2 aromatic heterocycles. The van der Waals surface area contributed by atoms with Crippen LogP contribution >= 0.6 is 11.8 Å². The molecule has 0 bridgehead atoms. The first-order chi connectivity index (χ1) is 15.9. The number of thioether (sulfide) groups is 1. The molecule has 0 aliphatic carbocycles. The van der Waals surface area contributed by atoms with Crippen LogP contribution in [0.15, 0.2) is 52.7 Å². The van der Waals surface area contributed by atoms with Gasteiger partial charge < -0.3 is 9.64 Å². The van der Waals surface area contributed by atoms with Crippen molar-refractivity contribution in [3.8, 4) is 11.6 Å². The minimum atomic E-state index is -3.27. The SMILES string of the molecule is CS(=O)(=O)c1ccc(-n2ncc3c(OC4CCN(C(=O)C5=CCCS5)CC4)ncnc32)cc1. The molecule has 1 aromatic carbocycles. The lowest BCUT2D eigenvalue weighted by Crippen LogP contribution is -2.42. The number of piperidine rings is 1. The van der Waals surface area contributed by atoms with Gasteiger partial charge in [-0.25, -0.2) is 23.1 Å². The molecule has 0 spiro atoms. The Labute approximate surface area is 195 Å². The topological polar surface area (TPSA) is 107 Å². The molecule has 172 valence electrons. The van der Waals surface area contributed by atoms with Crippen molar-refractivity contribution in [2.75, 3.05) is 25.1 Å². The summed E-state index contributed by atoms with van der Waals surface area (Å²) in [6, 6.07) is 6.48. The Hall–Kier alpha value is -2.92. The van der Waals surface area contributed by atoms with Crippen molar-refractivity contribution in [1.82, 2.24) is 24.6 Å². The fourth-order valence-corrected chi connectivity index (χ4v) is 5.57. The number of benzene rings is 1. The third-order valence-corrected chi connectivity index (χ3v) is 7.98. The summed E-state index contributed by atoms with van der Waals surface area (Å²) in [7, 11) is -3.27. The van der Waals surface area contributed by atoms with E-state index in [9.17, 15) is 13.2 Å². The molecule has 0 atom stereocenters. The number of likely N-dealkylation sites (tertiary alicyclic amines) is 1. The molecule has 4 heterocycles. The van der Waals surface area contributed by atoms with E-state index in [-0.39, 0.29) is 16.9 Å². The van der Waals surface area contributed by atoms with E-state index in [0.717, 1.165) is 29.9 Å². The fourth-order valence-electron chi connectivity index (χ4n) is 4.00. The van der Waals surface area contributed by atoms with E-state index in [2.05, 4.69) is 15.1 Å². The zero-order valence-corrected chi connectivity index (χ0v) is 19.7. The van der Waals surface area contributed by atoms with Gasteiger partial charge in [-0.3, -0.25) is 4.79 Å². The number of sulfone groups is 1. The van der Waals surface area contributed by atoms with Crippen LogP contribution < -0.4 is 4.74 Å². The third-order valence-electron chi connectivity index (χ3n) is 5.76. The smallest absolute Gasteiger partial charge is 0.259 e. The summed E-state index contributed by atoms with van der Waals surface area (Å²) >= 11 is 1.63. The number of aromatic nitrogens is 4. The molecule has 2 aliphatic rings. The minimum absolute atomic E-state index is 0.0465. The zero-order chi connectivity index (χ0) is 23.0. The van der Waals surface area contributed by atoms with Crippen LogP contribution in [0.1, 0.15) is 19.3 Å². The molecule has 5 rings (SSSR count). The zero-order valence-electron chi connectivity index (χ0n) is 18.0. The van der Waals surface area contributed by atoms with Crippen molar-refractivity contribution in [3.63, 3.8) is 0 Å². The number of hydrogen-bond acceptors (Lipinski definition) is 8. The summed E-state index contributed by atoms with van der Waals surface area (Å²) < 4.78 is 31.3. The van der Waals surface area contributed by atoms with Gasteiger partial charge in [0.1, 0.15) is 17.8 Å². The summed E-state index contributed by atoms with van der Waals surface area (Å²) in [6.07, 6.45) is 8.67. The average molecular weight is 486 g/mol. The molecule has 1 amide bonds. The van der Waals surface area contributed by atoms with Crippen LogP contribution in [-0.4, -0.2) is 70.2 Å². The minimum Gasteiger partial charge on any atom is -0.474 e. The van der Waals surface area contributed by atoms with Gasteiger partial charge in [-0.2, -0.15) is 5.10 Å². The maximum Gasteiger partial charge on any atom is 0.259 e. The molecule has 1 fully saturated rings. The van der Waals surface area contributed by atoms with E-state index in [4.69, 9.17) is 4.74 Å².